The van der Waals surface area contributed by atoms with Gasteiger partial charge in [-0.25, -0.2) is 8.78 Å². The highest BCUT2D eigenvalue weighted by molar-refractivity contribution is 7.85. The van der Waals surface area contributed by atoms with Crippen LogP contribution in [0, 0.1) is 23.2 Å². The Bertz CT molecular complexity index is 423. The van der Waals surface area contributed by atoms with Crippen LogP contribution in [0.1, 0.15) is 38.5 Å². The summed E-state index contributed by atoms with van der Waals surface area (Å²) < 4.78 is 59.0. The van der Waals surface area contributed by atoms with Gasteiger partial charge in [-0.2, -0.15) is 8.42 Å². The van der Waals surface area contributed by atoms with E-state index in [4.69, 9.17) is 4.55 Å². The van der Waals surface area contributed by atoms with Crippen LogP contribution >= 0.6 is 0 Å². The summed E-state index contributed by atoms with van der Waals surface area (Å²) in [7, 11) is -4.63. The van der Waals surface area contributed by atoms with Gasteiger partial charge >= 0.3 is 0 Å². The molecule has 0 amide bonds. The van der Waals surface area contributed by atoms with Crippen molar-refractivity contribution in [1.29, 1.82) is 0 Å². The van der Waals surface area contributed by atoms with Crippen LogP contribution in [0.2, 0.25) is 0 Å². The fourth-order valence-corrected chi connectivity index (χ4v) is 5.71. The predicted molar refractivity (Wildman–Crippen MR) is 62.0 cm³/mol. The molecule has 4 aliphatic carbocycles. The molecule has 6 heteroatoms. The maximum Gasteiger partial charge on any atom is 0.270 e. The highest BCUT2D eigenvalue weighted by atomic mass is 32.2. The zero-order valence-electron chi connectivity index (χ0n) is 10.1. The fourth-order valence-electron chi connectivity index (χ4n) is 4.94. The second-order valence-corrected chi connectivity index (χ2v) is 8.08. The molecule has 4 rings (SSSR count). The third-order valence-corrected chi connectivity index (χ3v) is 5.91. The Morgan fingerprint density at radius 1 is 1.06 bits per heavy atom. The van der Waals surface area contributed by atoms with E-state index in [0.717, 1.165) is 19.3 Å². The predicted octanol–water partition coefficient (Wildman–Crippen LogP) is 2.73. The zero-order chi connectivity index (χ0) is 13.2. The maximum atomic E-state index is 14.3. The van der Waals surface area contributed by atoms with E-state index < -0.39 is 27.2 Å². The average Bonchev–Trinajstić information content (AvgIpc) is 2.10. The first-order valence-corrected chi connectivity index (χ1v) is 8.13. The second-order valence-electron chi connectivity index (χ2n) is 6.63. The summed E-state index contributed by atoms with van der Waals surface area (Å²) in [4.78, 5) is 0. The minimum Gasteiger partial charge on any atom is -0.285 e. The van der Waals surface area contributed by atoms with Crippen molar-refractivity contribution in [3.63, 3.8) is 0 Å². The third-order valence-electron chi connectivity index (χ3n) is 5.18. The first-order valence-electron chi connectivity index (χ1n) is 6.52. The summed E-state index contributed by atoms with van der Waals surface area (Å²) in [6.07, 6.45) is 4.38. The molecule has 0 heterocycles. The SMILES string of the molecule is O=S(=O)(O)CC(F)(F)C12CC3CC(CC(C3)C1)C2. The van der Waals surface area contributed by atoms with Crippen molar-refractivity contribution in [3.05, 3.63) is 0 Å². The summed E-state index contributed by atoms with van der Waals surface area (Å²) in [6, 6.07) is 0. The van der Waals surface area contributed by atoms with Gasteiger partial charge in [-0.15, -0.1) is 0 Å². The maximum absolute atomic E-state index is 14.3. The molecule has 4 fully saturated rings. The van der Waals surface area contributed by atoms with Gasteiger partial charge in [0.1, 0.15) is 5.75 Å². The second kappa shape index (κ2) is 3.66. The lowest BCUT2D eigenvalue weighted by atomic mass is 9.48. The minimum atomic E-state index is -4.63. The van der Waals surface area contributed by atoms with E-state index in [0.29, 0.717) is 37.0 Å². The molecule has 0 saturated heterocycles. The van der Waals surface area contributed by atoms with E-state index in [1.165, 1.54) is 0 Å². The normalized spacial score (nSPS) is 43.4. The average molecular weight is 280 g/mol. The van der Waals surface area contributed by atoms with Crippen LogP contribution in [0.25, 0.3) is 0 Å². The molecule has 0 aliphatic heterocycles. The van der Waals surface area contributed by atoms with Crippen molar-refractivity contribution in [2.24, 2.45) is 23.2 Å². The molecular formula is C12H18F2O3S. The summed E-state index contributed by atoms with van der Waals surface area (Å²) in [5.74, 6) is -3.70. The lowest BCUT2D eigenvalue weighted by molar-refractivity contribution is -0.191. The molecule has 4 saturated carbocycles. The van der Waals surface area contributed by atoms with Crippen molar-refractivity contribution in [3.8, 4) is 0 Å². The van der Waals surface area contributed by atoms with Gasteiger partial charge in [0.15, 0.2) is 0 Å². The van der Waals surface area contributed by atoms with Crippen molar-refractivity contribution >= 4 is 10.1 Å². The van der Waals surface area contributed by atoms with Crippen molar-refractivity contribution < 1.29 is 21.8 Å². The Morgan fingerprint density at radius 3 is 1.78 bits per heavy atom. The molecule has 4 aliphatic rings. The first-order chi connectivity index (χ1) is 8.19. The molecule has 3 nitrogen and oxygen atoms in total. The van der Waals surface area contributed by atoms with E-state index in [-0.39, 0.29) is 0 Å². The van der Waals surface area contributed by atoms with E-state index >= 15 is 0 Å². The van der Waals surface area contributed by atoms with E-state index in [2.05, 4.69) is 0 Å². The van der Waals surface area contributed by atoms with Crippen LogP contribution in [0.5, 0.6) is 0 Å². The first kappa shape index (κ1) is 12.8. The summed E-state index contributed by atoms with van der Waals surface area (Å²) in [6.45, 7) is 0. The van der Waals surface area contributed by atoms with Crippen molar-refractivity contribution in [2.45, 2.75) is 44.4 Å². The lowest BCUT2D eigenvalue weighted by Gasteiger charge is -2.58. The molecule has 0 atom stereocenters. The topological polar surface area (TPSA) is 54.4 Å². The van der Waals surface area contributed by atoms with Crippen molar-refractivity contribution in [1.82, 2.24) is 0 Å². The Kier molecular flexibility index (Phi) is 2.60. The molecule has 0 aromatic heterocycles. The van der Waals surface area contributed by atoms with E-state index in [9.17, 15) is 17.2 Å². The van der Waals surface area contributed by atoms with Crippen LogP contribution in [0.15, 0.2) is 0 Å². The standard InChI is InChI=1S/C12H18F2O3S/c13-12(14,7-18(15,16)17)11-4-8-1-9(5-11)3-10(2-8)6-11/h8-10H,1-7H2,(H,15,16,17). The third kappa shape index (κ3) is 1.97. The molecule has 0 radical (unpaired) electrons. The summed E-state index contributed by atoms with van der Waals surface area (Å²) >= 11 is 0. The van der Waals surface area contributed by atoms with Gasteiger partial charge in [-0.3, -0.25) is 4.55 Å². The van der Waals surface area contributed by atoms with Crippen LogP contribution in [-0.4, -0.2) is 24.6 Å². The largest absolute Gasteiger partial charge is 0.285 e. The van der Waals surface area contributed by atoms with Crippen LogP contribution < -0.4 is 0 Å². The van der Waals surface area contributed by atoms with Gasteiger partial charge in [-0.05, 0) is 56.3 Å². The number of hydrogen-bond acceptors (Lipinski definition) is 2. The molecule has 18 heavy (non-hydrogen) atoms. The molecule has 4 bridgehead atoms. The van der Waals surface area contributed by atoms with Crippen LogP contribution in [0.4, 0.5) is 8.78 Å². The molecular weight excluding hydrogens is 262 g/mol. The Balaban J connectivity index is 1.90. The van der Waals surface area contributed by atoms with Gasteiger partial charge in [0, 0.05) is 5.41 Å². The van der Waals surface area contributed by atoms with Gasteiger partial charge in [0.2, 0.25) is 0 Å². The smallest absolute Gasteiger partial charge is 0.270 e. The zero-order valence-corrected chi connectivity index (χ0v) is 10.9. The van der Waals surface area contributed by atoms with Gasteiger partial charge in [-0.1, -0.05) is 0 Å². The molecule has 0 aromatic carbocycles. The highest BCUT2D eigenvalue weighted by Crippen LogP contribution is 2.65. The van der Waals surface area contributed by atoms with E-state index in [1.54, 1.807) is 0 Å². The van der Waals surface area contributed by atoms with E-state index in [1.807, 2.05) is 0 Å². The fraction of sp³-hybridized carbons (Fsp3) is 1.00. The van der Waals surface area contributed by atoms with Crippen LogP contribution in [-0.2, 0) is 10.1 Å². The number of rotatable bonds is 3. The Morgan fingerprint density at radius 2 is 1.44 bits per heavy atom. The molecule has 0 aromatic rings. The monoisotopic (exact) mass is 280 g/mol. The number of halogens is 2. The lowest BCUT2D eigenvalue weighted by Crippen LogP contribution is -2.56. The van der Waals surface area contributed by atoms with Gasteiger partial charge < -0.3 is 0 Å². The highest BCUT2D eigenvalue weighted by Gasteiger charge is 2.63. The van der Waals surface area contributed by atoms with Crippen LogP contribution in [0.3, 0.4) is 0 Å². The molecule has 0 spiro atoms. The summed E-state index contributed by atoms with van der Waals surface area (Å²) in [5, 5.41) is 0. The van der Waals surface area contributed by atoms with Crippen molar-refractivity contribution in [2.75, 3.05) is 5.75 Å². The molecule has 1 N–H and O–H groups in total. The Hall–Kier alpha value is -0.230. The molecule has 0 unspecified atom stereocenters. The molecule has 104 valence electrons. The minimum absolute atomic E-state index is 0.337. The Labute approximate surface area is 106 Å². The quantitative estimate of drug-likeness (QED) is 0.809. The van der Waals surface area contributed by atoms with Gasteiger partial charge in [0.05, 0.1) is 0 Å². The number of alkyl halides is 2. The summed E-state index contributed by atoms with van der Waals surface area (Å²) in [5.41, 5.74) is -1.17. The van der Waals surface area contributed by atoms with Gasteiger partial charge in [0.25, 0.3) is 16.0 Å². The number of hydrogen-bond donors (Lipinski definition) is 1.